The molecule has 3 rings (SSSR count). The smallest absolute Gasteiger partial charge is 0.573 e. The molecule has 0 radical (unpaired) electrons. The van der Waals surface area contributed by atoms with Crippen LogP contribution in [0.15, 0.2) is 46.9 Å². The van der Waals surface area contributed by atoms with Crippen molar-refractivity contribution in [1.82, 2.24) is 0 Å². The lowest BCUT2D eigenvalue weighted by Crippen LogP contribution is -2.19. The first-order valence-electron chi connectivity index (χ1n) is 6.31. The predicted octanol–water partition coefficient (Wildman–Crippen LogP) is 4.18. The zero-order valence-electron chi connectivity index (χ0n) is 11.2. The third-order valence-corrected chi connectivity index (χ3v) is 3.68. The van der Waals surface area contributed by atoms with Crippen LogP contribution in [0.25, 0.3) is 0 Å². The van der Waals surface area contributed by atoms with E-state index < -0.39 is 17.9 Å². The monoisotopic (exact) mass is 385 g/mol. The van der Waals surface area contributed by atoms with Gasteiger partial charge in [0.15, 0.2) is 0 Å². The summed E-state index contributed by atoms with van der Waals surface area (Å²) in [5.41, 5.74) is 0.145. The van der Waals surface area contributed by atoms with E-state index in [4.69, 9.17) is 0 Å². The number of fused-ring (bicyclic) bond motifs is 1. The van der Waals surface area contributed by atoms with E-state index in [2.05, 4.69) is 20.7 Å². The summed E-state index contributed by atoms with van der Waals surface area (Å²) in [4.78, 5) is 12.4. The zero-order valence-corrected chi connectivity index (χ0v) is 12.8. The number of carbonyl (C=O) groups is 1. The summed E-state index contributed by atoms with van der Waals surface area (Å²) in [5.74, 6) is -1.05. The van der Waals surface area contributed by atoms with E-state index in [-0.39, 0.29) is 22.5 Å². The summed E-state index contributed by atoms with van der Waals surface area (Å²) >= 11 is 3.20. The first kappa shape index (κ1) is 15.5. The molecule has 1 aliphatic rings. The highest BCUT2D eigenvalue weighted by atomic mass is 79.9. The van der Waals surface area contributed by atoms with E-state index in [9.17, 15) is 23.2 Å². The Morgan fingerprint density at radius 1 is 1.13 bits per heavy atom. The fourth-order valence-electron chi connectivity index (χ4n) is 2.29. The van der Waals surface area contributed by atoms with Gasteiger partial charge in [0.25, 0.3) is 11.5 Å². The Kier molecular flexibility index (Phi) is 3.63. The molecule has 8 heteroatoms. The van der Waals surface area contributed by atoms with Crippen LogP contribution >= 0.6 is 15.9 Å². The molecule has 2 aromatic rings. The Labute approximate surface area is 136 Å². The van der Waals surface area contributed by atoms with E-state index in [0.717, 1.165) is 12.1 Å². The maximum atomic E-state index is 12.4. The molecule has 0 N–H and O–H groups in total. The van der Waals surface area contributed by atoms with Crippen LogP contribution in [0, 0.1) is 5.21 Å². The summed E-state index contributed by atoms with van der Waals surface area (Å²) in [6.45, 7) is 0. The molecule has 118 valence electrons. The highest BCUT2D eigenvalue weighted by Crippen LogP contribution is 2.32. The van der Waals surface area contributed by atoms with Crippen LogP contribution in [-0.2, 0) is 0 Å². The minimum Gasteiger partial charge on any atom is -0.618 e. The summed E-state index contributed by atoms with van der Waals surface area (Å²) in [6.07, 6.45) is -4.85. The van der Waals surface area contributed by atoms with E-state index >= 15 is 0 Å². The van der Waals surface area contributed by atoms with Crippen LogP contribution in [0.1, 0.15) is 15.9 Å². The lowest BCUT2D eigenvalue weighted by Gasteiger charge is -2.09. The predicted molar refractivity (Wildman–Crippen MR) is 79.0 cm³/mol. The second-order valence-corrected chi connectivity index (χ2v) is 5.62. The Balaban J connectivity index is 2.06. The number of alkyl halides is 3. The van der Waals surface area contributed by atoms with Crippen LogP contribution in [-0.4, -0.2) is 22.6 Å². The number of halogens is 4. The van der Waals surface area contributed by atoms with Crippen LogP contribution in [0.5, 0.6) is 5.75 Å². The summed E-state index contributed by atoms with van der Waals surface area (Å²) in [5, 5.41) is 12.3. The minimum absolute atomic E-state index is 0.0547. The average Bonchev–Trinajstić information content (AvgIpc) is 2.69. The highest BCUT2D eigenvalue weighted by Gasteiger charge is 2.37. The fourth-order valence-corrected chi connectivity index (χ4v) is 2.64. The number of carbonyl (C=O) groups excluding carboxylic acids is 1. The van der Waals surface area contributed by atoms with E-state index in [1.54, 1.807) is 6.07 Å². The summed E-state index contributed by atoms with van der Waals surface area (Å²) < 4.78 is 41.7. The van der Waals surface area contributed by atoms with Crippen LogP contribution in [0.3, 0.4) is 0 Å². The molecule has 0 saturated heterocycles. The molecular weight excluding hydrogens is 379 g/mol. The van der Waals surface area contributed by atoms with Crippen molar-refractivity contribution in [2.75, 3.05) is 0 Å². The molecule has 0 saturated carbocycles. The Morgan fingerprint density at radius 2 is 1.87 bits per heavy atom. The normalized spacial score (nSPS) is 14.2. The van der Waals surface area contributed by atoms with Gasteiger partial charge in [0, 0.05) is 10.5 Å². The molecule has 0 aromatic heterocycles. The summed E-state index contributed by atoms with van der Waals surface area (Å²) in [6, 6.07) is 9.32. The Hall–Kier alpha value is -2.35. The first-order chi connectivity index (χ1) is 10.8. The number of nitrogens with zero attached hydrogens (tertiary/aromatic N) is 1. The number of ketones is 1. The lowest BCUT2D eigenvalue weighted by atomic mass is 10.0. The van der Waals surface area contributed by atoms with Crippen molar-refractivity contribution in [3.8, 4) is 5.75 Å². The largest absolute Gasteiger partial charge is 0.618 e. The fraction of sp³-hybridized carbons (Fsp3) is 0.0667. The van der Waals surface area contributed by atoms with Gasteiger partial charge in [-0.25, -0.2) is 0 Å². The Morgan fingerprint density at radius 3 is 2.57 bits per heavy atom. The maximum absolute atomic E-state index is 12.4. The second kappa shape index (κ2) is 5.38. The number of benzene rings is 2. The standard InChI is InChI=1S/C15H7BrF3NO3/c16-9-4-5-11-12(7-9)20(22)13(14(11)21)8-2-1-3-10(6-8)23-15(17,18)19/h1-7H. The summed E-state index contributed by atoms with van der Waals surface area (Å²) in [7, 11) is 0. The first-order valence-corrected chi connectivity index (χ1v) is 7.10. The number of hydrogen-bond donors (Lipinski definition) is 0. The molecular formula is C15H7BrF3NO3. The van der Waals surface area contributed by atoms with Gasteiger partial charge in [0.1, 0.15) is 11.3 Å². The van der Waals surface area contributed by atoms with E-state index in [0.29, 0.717) is 9.21 Å². The Bertz CT molecular complexity index is 846. The van der Waals surface area contributed by atoms with Crippen molar-refractivity contribution in [3.63, 3.8) is 0 Å². The zero-order chi connectivity index (χ0) is 16.8. The van der Waals surface area contributed by atoms with Gasteiger partial charge in [0.05, 0.1) is 5.56 Å². The molecule has 1 aliphatic heterocycles. The second-order valence-electron chi connectivity index (χ2n) is 4.71. The number of Topliss-reactive ketones (excluding diaryl/α,β-unsaturated/α-hetero) is 1. The van der Waals surface area contributed by atoms with Crippen LogP contribution in [0.4, 0.5) is 18.9 Å². The van der Waals surface area contributed by atoms with Gasteiger partial charge in [-0.05, 0) is 30.3 Å². The number of hydrogen-bond acceptors (Lipinski definition) is 3. The molecule has 0 unspecified atom stereocenters. The maximum Gasteiger partial charge on any atom is 0.573 e. The third kappa shape index (κ3) is 2.94. The van der Waals surface area contributed by atoms with Gasteiger partial charge in [-0.2, -0.15) is 4.74 Å². The number of ether oxygens (including phenoxy) is 1. The topological polar surface area (TPSA) is 52.4 Å². The minimum atomic E-state index is -4.85. The quantitative estimate of drug-likeness (QED) is 0.575. The average molecular weight is 386 g/mol. The van der Waals surface area contributed by atoms with Crippen molar-refractivity contribution >= 4 is 33.1 Å². The number of rotatable bonds is 2. The molecule has 0 spiro atoms. The third-order valence-electron chi connectivity index (χ3n) is 3.18. The van der Waals surface area contributed by atoms with Crippen molar-refractivity contribution < 1.29 is 27.4 Å². The van der Waals surface area contributed by atoms with Crippen molar-refractivity contribution in [1.29, 1.82) is 0 Å². The van der Waals surface area contributed by atoms with Crippen LogP contribution < -0.4 is 4.74 Å². The molecule has 0 aliphatic carbocycles. The molecule has 0 amide bonds. The molecule has 4 nitrogen and oxygen atoms in total. The van der Waals surface area contributed by atoms with Crippen LogP contribution in [0.2, 0.25) is 0 Å². The van der Waals surface area contributed by atoms with Gasteiger partial charge in [0.2, 0.25) is 5.69 Å². The van der Waals surface area contributed by atoms with Gasteiger partial charge < -0.3 is 9.94 Å². The molecule has 23 heavy (non-hydrogen) atoms. The van der Waals surface area contributed by atoms with Gasteiger partial charge in [-0.1, -0.05) is 22.0 Å². The van der Waals surface area contributed by atoms with Crippen molar-refractivity contribution in [3.05, 3.63) is 63.3 Å². The van der Waals surface area contributed by atoms with Crippen molar-refractivity contribution in [2.45, 2.75) is 6.36 Å². The van der Waals surface area contributed by atoms with Crippen molar-refractivity contribution in [2.24, 2.45) is 0 Å². The van der Waals surface area contributed by atoms with Gasteiger partial charge in [-0.15, -0.1) is 13.2 Å². The molecule has 2 aromatic carbocycles. The molecule has 0 atom stereocenters. The van der Waals surface area contributed by atoms with Gasteiger partial charge in [-0.3, -0.25) is 4.79 Å². The molecule has 0 bridgehead atoms. The highest BCUT2D eigenvalue weighted by molar-refractivity contribution is 9.10. The molecule has 1 heterocycles. The van der Waals surface area contributed by atoms with Gasteiger partial charge >= 0.3 is 6.36 Å². The molecule has 0 fully saturated rings. The SMILES string of the molecule is O=C1C(c2cccc(OC(F)(F)F)c2)=[N+]([O-])c2cc(Br)ccc21. The lowest BCUT2D eigenvalue weighted by molar-refractivity contribution is -0.355. The van der Waals surface area contributed by atoms with E-state index in [1.165, 1.54) is 24.3 Å². The van der Waals surface area contributed by atoms with E-state index in [1.807, 2.05) is 0 Å².